The molecular weight excluding hydrogens is 464 g/mol. The van der Waals surface area contributed by atoms with Crippen LogP contribution in [0.15, 0.2) is 41.3 Å². The Morgan fingerprint density at radius 1 is 0.970 bits per heavy atom. The highest BCUT2D eigenvalue weighted by atomic mass is 35.5. The number of fused-ring (bicyclic) bond motifs is 1. The Labute approximate surface area is 200 Å². The lowest BCUT2D eigenvalue weighted by Crippen LogP contribution is -2.35. The number of hydrogen-bond acceptors (Lipinski definition) is 5. The number of rotatable bonds is 8. The average Bonchev–Trinajstić information content (AvgIpc) is 2.84. The van der Waals surface area contributed by atoms with Crippen molar-refractivity contribution in [2.45, 2.75) is 43.4 Å². The van der Waals surface area contributed by atoms with Gasteiger partial charge in [0.2, 0.25) is 15.9 Å². The van der Waals surface area contributed by atoms with Crippen LogP contribution in [0.3, 0.4) is 0 Å². The Hall–Kier alpha value is -2.29. The molecule has 0 unspecified atom stereocenters. The molecule has 2 aromatic carbocycles. The van der Waals surface area contributed by atoms with Crippen molar-refractivity contribution < 1.29 is 22.7 Å². The minimum atomic E-state index is -3.43. The third-order valence-corrected chi connectivity index (χ3v) is 8.10. The third-order valence-electron chi connectivity index (χ3n) is 5.91. The molecule has 0 atom stereocenters. The van der Waals surface area contributed by atoms with Crippen LogP contribution in [-0.4, -0.2) is 51.5 Å². The van der Waals surface area contributed by atoms with Crippen molar-refractivity contribution in [1.29, 1.82) is 0 Å². The second-order valence-corrected chi connectivity index (χ2v) is 10.7. The van der Waals surface area contributed by atoms with Crippen LogP contribution in [0.2, 0.25) is 5.02 Å². The molecule has 2 aliphatic heterocycles. The predicted octanol–water partition coefficient (Wildman–Crippen LogP) is 3.58. The first kappa shape index (κ1) is 23.9. The van der Waals surface area contributed by atoms with Gasteiger partial charge in [0.1, 0.15) is 13.2 Å². The minimum Gasteiger partial charge on any atom is -0.486 e. The zero-order valence-electron chi connectivity index (χ0n) is 18.5. The number of ether oxygens (including phenoxy) is 2. The summed E-state index contributed by atoms with van der Waals surface area (Å²) in [5.74, 6) is 1.16. The van der Waals surface area contributed by atoms with Crippen LogP contribution in [0.25, 0.3) is 0 Å². The maximum absolute atomic E-state index is 12.7. The maximum atomic E-state index is 12.7. The van der Waals surface area contributed by atoms with Gasteiger partial charge in [-0.05, 0) is 61.1 Å². The molecule has 1 saturated heterocycles. The molecule has 7 nitrogen and oxygen atoms in total. The number of piperidine rings is 1. The van der Waals surface area contributed by atoms with Crippen LogP contribution in [0.4, 0.5) is 0 Å². The van der Waals surface area contributed by atoms with Gasteiger partial charge in [0.05, 0.1) is 9.92 Å². The summed E-state index contributed by atoms with van der Waals surface area (Å²) in [4.78, 5) is 12.6. The fourth-order valence-electron chi connectivity index (χ4n) is 4.08. The molecule has 0 saturated carbocycles. The molecule has 0 spiro atoms. The SMILES string of the molecule is O=C(CCc1ccc(S(=O)(=O)N2CCCCC2)cc1)NCCc1cc(Cl)c2c(c1)OCCO2. The van der Waals surface area contributed by atoms with Gasteiger partial charge in [-0.15, -0.1) is 0 Å². The normalized spacial score (nSPS) is 16.4. The zero-order valence-corrected chi connectivity index (χ0v) is 20.1. The summed E-state index contributed by atoms with van der Waals surface area (Å²) in [6, 6.07) is 10.6. The number of aryl methyl sites for hydroxylation is 1. The Bertz CT molecular complexity index is 1080. The summed E-state index contributed by atoms with van der Waals surface area (Å²) in [6.07, 6.45) is 4.41. The van der Waals surface area contributed by atoms with E-state index in [9.17, 15) is 13.2 Å². The molecule has 33 heavy (non-hydrogen) atoms. The Kier molecular flexibility index (Phi) is 7.78. The van der Waals surface area contributed by atoms with E-state index in [1.54, 1.807) is 28.6 Å². The van der Waals surface area contributed by atoms with E-state index in [1.807, 2.05) is 12.1 Å². The van der Waals surface area contributed by atoms with Crippen molar-refractivity contribution in [3.63, 3.8) is 0 Å². The standard InChI is InChI=1S/C24H29ClN2O5S/c25-21-16-19(17-22-24(21)32-15-14-31-22)10-11-26-23(28)9-6-18-4-7-20(8-5-18)33(29,30)27-12-2-1-3-13-27/h4-5,7-8,16-17H,1-3,6,9-15H2,(H,26,28). The number of halogens is 1. The smallest absolute Gasteiger partial charge is 0.243 e. The monoisotopic (exact) mass is 492 g/mol. The third kappa shape index (κ3) is 5.99. The number of amides is 1. The van der Waals surface area contributed by atoms with Gasteiger partial charge in [-0.2, -0.15) is 4.31 Å². The molecule has 4 rings (SSSR count). The van der Waals surface area contributed by atoms with Crippen LogP contribution in [0, 0.1) is 0 Å². The molecule has 0 aromatic heterocycles. The van der Waals surface area contributed by atoms with Crippen molar-refractivity contribution in [2.24, 2.45) is 0 Å². The van der Waals surface area contributed by atoms with Gasteiger partial charge in [-0.25, -0.2) is 8.42 Å². The molecule has 1 amide bonds. The first-order valence-electron chi connectivity index (χ1n) is 11.4. The van der Waals surface area contributed by atoms with E-state index in [2.05, 4.69) is 5.32 Å². The fourth-order valence-corrected chi connectivity index (χ4v) is 5.89. The van der Waals surface area contributed by atoms with E-state index in [4.69, 9.17) is 21.1 Å². The van der Waals surface area contributed by atoms with Crippen LogP contribution >= 0.6 is 11.6 Å². The molecule has 0 bridgehead atoms. The molecule has 178 valence electrons. The molecule has 0 aliphatic carbocycles. The number of benzene rings is 2. The summed E-state index contributed by atoms with van der Waals surface area (Å²) in [5, 5.41) is 3.44. The van der Waals surface area contributed by atoms with E-state index in [0.29, 0.717) is 73.5 Å². The van der Waals surface area contributed by atoms with Crippen molar-refractivity contribution in [1.82, 2.24) is 9.62 Å². The topological polar surface area (TPSA) is 84.9 Å². The molecule has 1 N–H and O–H groups in total. The van der Waals surface area contributed by atoms with Gasteiger partial charge in [0, 0.05) is 26.1 Å². The summed E-state index contributed by atoms with van der Waals surface area (Å²) >= 11 is 6.26. The average molecular weight is 493 g/mol. The highest BCUT2D eigenvalue weighted by Gasteiger charge is 2.25. The van der Waals surface area contributed by atoms with Gasteiger partial charge < -0.3 is 14.8 Å². The van der Waals surface area contributed by atoms with E-state index in [0.717, 1.165) is 30.4 Å². The van der Waals surface area contributed by atoms with Crippen molar-refractivity contribution in [3.8, 4) is 11.5 Å². The molecule has 2 aliphatic rings. The second kappa shape index (κ2) is 10.8. The summed E-state index contributed by atoms with van der Waals surface area (Å²) in [7, 11) is -3.43. The maximum Gasteiger partial charge on any atom is 0.243 e. The van der Waals surface area contributed by atoms with Gasteiger partial charge in [-0.3, -0.25) is 4.79 Å². The van der Waals surface area contributed by atoms with Crippen LogP contribution in [-0.2, 0) is 27.7 Å². The van der Waals surface area contributed by atoms with Gasteiger partial charge >= 0.3 is 0 Å². The second-order valence-electron chi connectivity index (χ2n) is 8.31. The summed E-state index contributed by atoms with van der Waals surface area (Å²) < 4.78 is 38.1. The molecule has 1 fully saturated rings. The Morgan fingerprint density at radius 2 is 1.70 bits per heavy atom. The van der Waals surface area contributed by atoms with Gasteiger partial charge in [0.15, 0.2) is 11.5 Å². The lowest BCUT2D eigenvalue weighted by atomic mass is 10.1. The lowest BCUT2D eigenvalue weighted by Gasteiger charge is -2.25. The number of carbonyl (C=O) groups is 1. The lowest BCUT2D eigenvalue weighted by molar-refractivity contribution is -0.121. The highest BCUT2D eigenvalue weighted by Crippen LogP contribution is 2.38. The molecule has 2 aromatic rings. The number of hydrogen-bond donors (Lipinski definition) is 1. The predicted molar refractivity (Wildman–Crippen MR) is 127 cm³/mol. The molecule has 0 radical (unpaired) electrons. The highest BCUT2D eigenvalue weighted by molar-refractivity contribution is 7.89. The van der Waals surface area contributed by atoms with E-state index < -0.39 is 10.0 Å². The fraction of sp³-hybridized carbons (Fsp3) is 0.458. The van der Waals surface area contributed by atoms with E-state index in [1.165, 1.54) is 0 Å². The first-order valence-corrected chi connectivity index (χ1v) is 13.2. The van der Waals surface area contributed by atoms with Crippen LogP contribution < -0.4 is 14.8 Å². The number of nitrogens with zero attached hydrogens (tertiary/aromatic N) is 1. The minimum absolute atomic E-state index is 0.0522. The number of carbonyl (C=O) groups excluding carboxylic acids is 1. The largest absolute Gasteiger partial charge is 0.486 e. The molecule has 9 heteroatoms. The van der Waals surface area contributed by atoms with Gasteiger partial charge in [-0.1, -0.05) is 30.2 Å². The van der Waals surface area contributed by atoms with Crippen molar-refractivity contribution >= 4 is 27.5 Å². The quantitative estimate of drug-likeness (QED) is 0.609. The molecular formula is C24H29ClN2O5S. The van der Waals surface area contributed by atoms with Crippen molar-refractivity contribution in [2.75, 3.05) is 32.8 Å². The van der Waals surface area contributed by atoms with Crippen LogP contribution in [0.5, 0.6) is 11.5 Å². The molecule has 2 heterocycles. The number of nitrogens with one attached hydrogen (secondary N) is 1. The summed E-state index contributed by atoms with van der Waals surface area (Å²) in [6.45, 7) is 2.64. The van der Waals surface area contributed by atoms with Crippen LogP contribution in [0.1, 0.15) is 36.8 Å². The first-order chi connectivity index (χ1) is 15.9. The van der Waals surface area contributed by atoms with Gasteiger partial charge in [0.25, 0.3) is 0 Å². The number of sulfonamides is 1. The van der Waals surface area contributed by atoms with E-state index in [-0.39, 0.29) is 5.91 Å². The summed E-state index contributed by atoms with van der Waals surface area (Å²) in [5.41, 5.74) is 1.90. The zero-order chi connectivity index (χ0) is 23.3. The Balaban J connectivity index is 1.23. The van der Waals surface area contributed by atoms with Crippen molar-refractivity contribution in [3.05, 3.63) is 52.5 Å². The van der Waals surface area contributed by atoms with E-state index >= 15 is 0 Å². The Morgan fingerprint density at radius 3 is 2.45 bits per heavy atom.